The van der Waals surface area contributed by atoms with Gasteiger partial charge in [0.15, 0.2) is 5.78 Å². The fourth-order valence-corrected chi connectivity index (χ4v) is 5.36. The number of ether oxygens (including phenoxy) is 1. The van der Waals surface area contributed by atoms with Crippen LogP contribution >= 0.6 is 0 Å². The Kier molecular flexibility index (Phi) is 4.25. The second-order valence-electron chi connectivity index (χ2n) is 7.87. The molecule has 5 rings (SSSR count). The Hall–Kier alpha value is -2.17. The molecule has 2 aromatic carbocycles. The molecule has 3 aliphatic heterocycles. The van der Waals surface area contributed by atoms with Gasteiger partial charge in [-0.3, -0.25) is 4.79 Å². The molecule has 0 saturated carbocycles. The quantitative estimate of drug-likeness (QED) is 0.846. The third kappa shape index (κ3) is 2.62. The van der Waals surface area contributed by atoms with Crippen molar-refractivity contribution in [3.8, 4) is 0 Å². The van der Waals surface area contributed by atoms with Crippen LogP contribution in [-0.4, -0.2) is 38.6 Å². The molecular formula is C23H26N2O2. The molecule has 0 spiro atoms. The lowest BCUT2D eigenvalue weighted by molar-refractivity contribution is 0.0931. The van der Waals surface area contributed by atoms with Gasteiger partial charge >= 0.3 is 0 Å². The van der Waals surface area contributed by atoms with Gasteiger partial charge in [-0.15, -0.1) is 0 Å². The van der Waals surface area contributed by atoms with Gasteiger partial charge in [0.2, 0.25) is 0 Å². The summed E-state index contributed by atoms with van der Waals surface area (Å²) in [5.41, 5.74) is 5.50. The predicted molar refractivity (Wildman–Crippen MR) is 107 cm³/mol. The molecule has 4 heteroatoms. The van der Waals surface area contributed by atoms with Gasteiger partial charge in [0.1, 0.15) is 0 Å². The number of carbonyl (C=O) groups excluding carboxylic acids is 1. The molecular weight excluding hydrogens is 336 g/mol. The van der Waals surface area contributed by atoms with Crippen LogP contribution in [-0.2, 0) is 4.74 Å². The van der Waals surface area contributed by atoms with Crippen LogP contribution in [0, 0.1) is 0 Å². The molecule has 2 aromatic rings. The highest BCUT2D eigenvalue weighted by atomic mass is 16.5. The first-order valence-corrected chi connectivity index (χ1v) is 10.1. The maximum Gasteiger partial charge on any atom is 0.193 e. The van der Waals surface area contributed by atoms with Crippen molar-refractivity contribution >= 4 is 11.5 Å². The smallest absolute Gasteiger partial charge is 0.193 e. The fourth-order valence-electron chi connectivity index (χ4n) is 5.36. The number of carbonyl (C=O) groups is 1. The predicted octanol–water partition coefficient (Wildman–Crippen LogP) is 3.66. The van der Waals surface area contributed by atoms with Crippen molar-refractivity contribution in [1.82, 2.24) is 5.32 Å². The highest BCUT2D eigenvalue weighted by molar-refractivity contribution is 6.11. The van der Waals surface area contributed by atoms with Gasteiger partial charge in [0.05, 0.1) is 6.10 Å². The summed E-state index contributed by atoms with van der Waals surface area (Å²) < 4.78 is 5.79. The van der Waals surface area contributed by atoms with Crippen molar-refractivity contribution in [2.24, 2.45) is 0 Å². The number of ketones is 1. The van der Waals surface area contributed by atoms with Crippen molar-refractivity contribution in [2.75, 3.05) is 31.6 Å². The largest absolute Gasteiger partial charge is 0.377 e. The van der Waals surface area contributed by atoms with Crippen LogP contribution in [0.1, 0.15) is 58.3 Å². The molecule has 140 valence electrons. The molecule has 3 unspecified atom stereocenters. The highest BCUT2D eigenvalue weighted by Crippen LogP contribution is 2.52. The van der Waals surface area contributed by atoms with Crippen LogP contribution < -0.4 is 10.2 Å². The lowest BCUT2D eigenvalue weighted by Gasteiger charge is -2.36. The molecule has 0 bridgehead atoms. The Morgan fingerprint density at radius 3 is 2.70 bits per heavy atom. The molecule has 1 N–H and O–H groups in total. The number of anilines is 1. The molecule has 4 nitrogen and oxygen atoms in total. The molecule has 3 heterocycles. The van der Waals surface area contributed by atoms with E-state index in [0.717, 1.165) is 50.0 Å². The van der Waals surface area contributed by atoms with E-state index < -0.39 is 0 Å². The number of nitrogens with one attached hydrogen (secondary N) is 1. The van der Waals surface area contributed by atoms with Crippen LogP contribution in [0.2, 0.25) is 0 Å². The minimum absolute atomic E-state index is 0.136. The SMILES string of the molecule is COC1CCN2c3c1ccc(C(=O)c1ccccc1)c3C1CCNCCC12. The third-order valence-corrected chi connectivity index (χ3v) is 6.56. The molecule has 3 atom stereocenters. The fraction of sp³-hybridized carbons (Fsp3) is 0.435. The number of fused-ring (bicyclic) bond motifs is 3. The second kappa shape index (κ2) is 6.77. The van der Waals surface area contributed by atoms with Gasteiger partial charge in [0.25, 0.3) is 0 Å². The first kappa shape index (κ1) is 17.0. The summed E-state index contributed by atoms with van der Waals surface area (Å²) in [5.74, 6) is 0.568. The monoisotopic (exact) mass is 362 g/mol. The molecule has 0 aromatic heterocycles. The van der Waals surface area contributed by atoms with Gasteiger partial charge in [-0.05, 0) is 37.9 Å². The minimum atomic E-state index is 0.136. The molecule has 0 amide bonds. The number of hydrogen-bond acceptors (Lipinski definition) is 4. The first-order chi connectivity index (χ1) is 13.3. The zero-order valence-electron chi connectivity index (χ0n) is 15.8. The van der Waals surface area contributed by atoms with Crippen molar-refractivity contribution in [3.05, 3.63) is 64.7 Å². The van der Waals surface area contributed by atoms with Gasteiger partial charge in [-0.1, -0.05) is 42.5 Å². The number of benzene rings is 2. The van der Waals surface area contributed by atoms with E-state index in [2.05, 4.69) is 22.3 Å². The maximum absolute atomic E-state index is 13.4. The summed E-state index contributed by atoms with van der Waals surface area (Å²) in [6.45, 7) is 3.09. The van der Waals surface area contributed by atoms with E-state index in [1.54, 1.807) is 7.11 Å². The van der Waals surface area contributed by atoms with Gasteiger partial charge in [-0.25, -0.2) is 0 Å². The van der Waals surface area contributed by atoms with Gasteiger partial charge in [-0.2, -0.15) is 0 Å². The van der Waals surface area contributed by atoms with E-state index in [1.807, 2.05) is 30.3 Å². The van der Waals surface area contributed by atoms with Crippen LogP contribution in [0.15, 0.2) is 42.5 Å². The molecule has 0 radical (unpaired) electrons. The van der Waals surface area contributed by atoms with E-state index in [-0.39, 0.29) is 11.9 Å². The Morgan fingerprint density at radius 2 is 1.89 bits per heavy atom. The standard InChI is InChI=1S/C23H26N2O2/c1-27-20-11-14-25-19-10-13-24-12-9-16(19)21-18(8-7-17(20)22(21)25)23(26)15-5-3-2-4-6-15/h2-8,16,19-20,24H,9-14H2,1H3. The average molecular weight is 362 g/mol. The first-order valence-electron chi connectivity index (χ1n) is 10.1. The summed E-state index contributed by atoms with van der Waals surface area (Å²) >= 11 is 0. The summed E-state index contributed by atoms with van der Waals surface area (Å²) in [5, 5.41) is 3.55. The lowest BCUT2D eigenvalue weighted by Crippen LogP contribution is -2.38. The normalized spacial score (nSPS) is 26.3. The topological polar surface area (TPSA) is 41.6 Å². The van der Waals surface area contributed by atoms with Crippen molar-refractivity contribution in [3.63, 3.8) is 0 Å². The van der Waals surface area contributed by atoms with E-state index in [1.165, 1.54) is 16.8 Å². The van der Waals surface area contributed by atoms with Gasteiger partial charge < -0.3 is 15.0 Å². The molecule has 27 heavy (non-hydrogen) atoms. The summed E-state index contributed by atoms with van der Waals surface area (Å²) in [6, 6.07) is 14.4. The van der Waals surface area contributed by atoms with Crippen LogP contribution in [0.3, 0.4) is 0 Å². The molecule has 1 saturated heterocycles. The van der Waals surface area contributed by atoms with E-state index in [4.69, 9.17) is 4.74 Å². The van der Waals surface area contributed by atoms with E-state index in [0.29, 0.717) is 12.0 Å². The van der Waals surface area contributed by atoms with E-state index in [9.17, 15) is 4.79 Å². The number of nitrogens with zero attached hydrogens (tertiary/aromatic N) is 1. The van der Waals surface area contributed by atoms with Crippen molar-refractivity contribution in [2.45, 2.75) is 37.3 Å². The second-order valence-corrected chi connectivity index (χ2v) is 7.87. The van der Waals surface area contributed by atoms with Crippen LogP contribution in [0.5, 0.6) is 0 Å². The summed E-state index contributed by atoms with van der Waals surface area (Å²) in [6.07, 6.45) is 3.38. The molecule has 1 fully saturated rings. The Bertz CT molecular complexity index is 864. The van der Waals surface area contributed by atoms with Gasteiger partial charge in [0, 0.05) is 48.0 Å². The zero-order valence-corrected chi connectivity index (χ0v) is 15.8. The Labute approximate surface area is 160 Å². The average Bonchev–Trinajstić information content (AvgIpc) is 2.88. The molecule has 3 aliphatic rings. The lowest BCUT2D eigenvalue weighted by atomic mass is 9.84. The van der Waals surface area contributed by atoms with E-state index >= 15 is 0 Å². The number of hydrogen-bond donors (Lipinski definition) is 1. The summed E-state index contributed by atoms with van der Waals surface area (Å²) in [4.78, 5) is 16.0. The minimum Gasteiger partial charge on any atom is -0.377 e. The highest BCUT2D eigenvalue weighted by Gasteiger charge is 2.45. The number of rotatable bonds is 3. The molecule has 0 aliphatic carbocycles. The number of methoxy groups -OCH3 is 1. The van der Waals surface area contributed by atoms with Crippen molar-refractivity contribution in [1.29, 1.82) is 0 Å². The Balaban J connectivity index is 1.69. The Morgan fingerprint density at radius 1 is 1.07 bits per heavy atom. The van der Waals surface area contributed by atoms with Crippen LogP contribution in [0.25, 0.3) is 0 Å². The summed E-state index contributed by atoms with van der Waals surface area (Å²) in [7, 11) is 1.80. The zero-order chi connectivity index (χ0) is 18.4. The third-order valence-electron chi connectivity index (χ3n) is 6.56. The maximum atomic E-state index is 13.4. The van der Waals surface area contributed by atoms with Crippen LogP contribution in [0.4, 0.5) is 5.69 Å². The van der Waals surface area contributed by atoms with Crippen molar-refractivity contribution < 1.29 is 9.53 Å².